The van der Waals surface area contributed by atoms with Gasteiger partial charge in [-0.1, -0.05) is 0 Å². The quantitative estimate of drug-likeness (QED) is 0.548. The molecule has 3 heteroatoms. The van der Waals surface area contributed by atoms with E-state index in [2.05, 4.69) is 25.7 Å². The van der Waals surface area contributed by atoms with E-state index in [9.17, 15) is 0 Å². The molecular formula is C12H25IN2. The van der Waals surface area contributed by atoms with E-state index in [1.54, 1.807) is 0 Å². The van der Waals surface area contributed by atoms with E-state index in [0.717, 1.165) is 11.5 Å². The summed E-state index contributed by atoms with van der Waals surface area (Å²) in [5.41, 5.74) is 0.739. The third-order valence-corrected chi connectivity index (χ3v) is 4.33. The summed E-state index contributed by atoms with van der Waals surface area (Å²) in [7, 11) is 0. The van der Waals surface area contributed by atoms with Crippen molar-refractivity contribution < 1.29 is 28.9 Å². The summed E-state index contributed by atoms with van der Waals surface area (Å²) >= 11 is 0. The summed E-state index contributed by atoms with van der Waals surface area (Å²) in [4.78, 5) is 4.44. The molecule has 1 spiro atoms. The van der Waals surface area contributed by atoms with Crippen molar-refractivity contribution in [3.8, 4) is 0 Å². The summed E-state index contributed by atoms with van der Waals surface area (Å²) in [5.74, 6) is 0. The van der Waals surface area contributed by atoms with Crippen LogP contribution in [-0.2, 0) is 0 Å². The molecule has 2 nitrogen and oxygen atoms in total. The van der Waals surface area contributed by atoms with Crippen LogP contribution in [0.5, 0.6) is 0 Å². The van der Waals surface area contributed by atoms with E-state index < -0.39 is 0 Å². The molecule has 2 aliphatic rings. The van der Waals surface area contributed by atoms with Crippen LogP contribution in [0.3, 0.4) is 0 Å². The molecule has 0 aromatic heterocycles. The zero-order valence-corrected chi connectivity index (χ0v) is 12.5. The van der Waals surface area contributed by atoms with Crippen LogP contribution in [0.25, 0.3) is 0 Å². The molecule has 0 atom stereocenters. The standard InChI is InChI=1S/C12H24N2.HI/c1-4-13-7-5-12(6-8-13)9-14(10-12)11(2)3;/h11H,4-10H2,1-3H3;1H. The molecule has 2 rings (SSSR count). The fraction of sp³-hybridized carbons (Fsp3) is 1.00. The highest BCUT2D eigenvalue weighted by atomic mass is 127. The van der Waals surface area contributed by atoms with Crippen molar-refractivity contribution >= 4 is 0 Å². The van der Waals surface area contributed by atoms with Gasteiger partial charge in [-0.3, -0.25) is 4.90 Å². The zero-order valence-electron chi connectivity index (χ0n) is 10.4. The highest BCUT2D eigenvalue weighted by Gasteiger charge is 2.46. The molecule has 90 valence electrons. The molecule has 0 amide bonds. The van der Waals surface area contributed by atoms with Gasteiger partial charge in [-0.05, 0) is 20.8 Å². The first-order valence-electron chi connectivity index (χ1n) is 6.23. The number of nitrogens with one attached hydrogen (secondary N) is 1. The fourth-order valence-corrected chi connectivity index (χ4v) is 2.98. The second-order valence-corrected chi connectivity index (χ2v) is 5.60. The number of hydrogen-bond acceptors (Lipinski definition) is 1. The Labute approximate surface area is 111 Å². The third kappa shape index (κ3) is 2.86. The van der Waals surface area contributed by atoms with E-state index >= 15 is 0 Å². The Morgan fingerprint density at radius 3 is 2.13 bits per heavy atom. The Bertz CT molecular complexity index is 190. The molecule has 0 aromatic carbocycles. The molecule has 2 heterocycles. The molecule has 2 fully saturated rings. The van der Waals surface area contributed by atoms with Gasteiger partial charge in [0, 0.05) is 37.4 Å². The lowest BCUT2D eigenvalue weighted by Crippen LogP contribution is -3.13. The fourth-order valence-electron chi connectivity index (χ4n) is 2.98. The van der Waals surface area contributed by atoms with Crippen LogP contribution in [-0.4, -0.2) is 43.7 Å². The van der Waals surface area contributed by atoms with Crippen molar-refractivity contribution in [1.82, 2.24) is 4.90 Å². The number of likely N-dealkylation sites (tertiary alicyclic amines) is 2. The summed E-state index contributed by atoms with van der Waals surface area (Å²) in [6.07, 6.45) is 2.94. The first-order valence-corrected chi connectivity index (χ1v) is 6.23. The average Bonchev–Trinajstić information content (AvgIpc) is 2.14. The highest BCUT2D eigenvalue weighted by molar-refractivity contribution is 4.96. The summed E-state index contributed by atoms with van der Waals surface area (Å²) in [6.45, 7) is 13.9. The van der Waals surface area contributed by atoms with Crippen LogP contribution in [0.4, 0.5) is 0 Å². The molecule has 2 saturated heterocycles. The van der Waals surface area contributed by atoms with Crippen LogP contribution >= 0.6 is 0 Å². The Morgan fingerprint density at radius 2 is 1.73 bits per heavy atom. The molecule has 0 aliphatic carbocycles. The number of halogens is 1. The van der Waals surface area contributed by atoms with Crippen LogP contribution < -0.4 is 28.9 Å². The predicted molar refractivity (Wildman–Crippen MR) is 59.6 cm³/mol. The molecule has 1 N–H and O–H groups in total. The number of nitrogens with zero attached hydrogens (tertiary/aromatic N) is 1. The van der Waals surface area contributed by atoms with Gasteiger partial charge >= 0.3 is 0 Å². The van der Waals surface area contributed by atoms with Crippen LogP contribution in [0.1, 0.15) is 33.6 Å². The zero-order chi connectivity index (χ0) is 10.2. The SMILES string of the molecule is CC[NH+]1CCC2(CC1)CN(C(C)C)C2.[I-]. The summed E-state index contributed by atoms with van der Waals surface area (Å²) in [6, 6.07) is 0.761. The third-order valence-electron chi connectivity index (χ3n) is 4.33. The van der Waals surface area contributed by atoms with Gasteiger partial charge in [0.1, 0.15) is 0 Å². The van der Waals surface area contributed by atoms with Crippen LogP contribution in [0.15, 0.2) is 0 Å². The minimum absolute atomic E-state index is 0. The van der Waals surface area contributed by atoms with Crippen molar-refractivity contribution in [1.29, 1.82) is 0 Å². The average molecular weight is 324 g/mol. The van der Waals surface area contributed by atoms with E-state index in [1.165, 1.54) is 45.6 Å². The second kappa shape index (κ2) is 5.32. The van der Waals surface area contributed by atoms with Crippen molar-refractivity contribution in [3.63, 3.8) is 0 Å². The molecule has 15 heavy (non-hydrogen) atoms. The van der Waals surface area contributed by atoms with Crippen molar-refractivity contribution in [2.24, 2.45) is 5.41 Å². The van der Waals surface area contributed by atoms with Gasteiger partial charge in [0.05, 0.1) is 19.6 Å². The first-order chi connectivity index (χ1) is 6.65. The van der Waals surface area contributed by atoms with Gasteiger partial charge in [-0.15, -0.1) is 0 Å². The Morgan fingerprint density at radius 1 is 1.20 bits per heavy atom. The Kier molecular flexibility index (Phi) is 4.86. The monoisotopic (exact) mass is 324 g/mol. The normalized spacial score (nSPS) is 26.4. The number of hydrogen-bond donors (Lipinski definition) is 1. The molecule has 0 saturated carbocycles. The lowest BCUT2D eigenvalue weighted by Gasteiger charge is -2.54. The molecule has 0 aromatic rings. The number of rotatable bonds is 2. The van der Waals surface area contributed by atoms with E-state index in [1.807, 2.05) is 4.90 Å². The minimum Gasteiger partial charge on any atom is -1.00 e. The second-order valence-electron chi connectivity index (χ2n) is 5.60. The van der Waals surface area contributed by atoms with Crippen molar-refractivity contribution in [2.45, 2.75) is 39.7 Å². The highest BCUT2D eigenvalue weighted by Crippen LogP contribution is 2.38. The van der Waals surface area contributed by atoms with Crippen LogP contribution in [0, 0.1) is 5.41 Å². The maximum absolute atomic E-state index is 2.62. The van der Waals surface area contributed by atoms with Gasteiger partial charge in [-0.25, -0.2) is 0 Å². The van der Waals surface area contributed by atoms with Crippen LogP contribution in [0.2, 0.25) is 0 Å². The largest absolute Gasteiger partial charge is 1.00 e. The molecule has 0 bridgehead atoms. The first kappa shape index (κ1) is 13.7. The number of quaternary nitrogens is 1. The Hall–Kier alpha value is 0.650. The van der Waals surface area contributed by atoms with Gasteiger partial charge in [0.25, 0.3) is 0 Å². The smallest absolute Gasteiger partial charge is 0.0777 e. The Balaban J connectivity index is 0.00000112. The van der Waals surface area contributed by atoms with E-state index in [4.69, 9.17) is 0 Å². The van der Waals surface area contributed by atoms with Crippen molar-refractivity contribution in [3.05, 3.63) is 0 Å². The van der Waals surface area contributed by atoms with E-state index in [0.29, 0.717) is 0 Å². The summed E-state index contributed by atoms with van der Waals surface area (Å²) < 4.78 is 0. The predicted octanol–water partition coefficient (Wildman–Crippen LogP) is -2.60. The molecular weight excluding hydrogens is 299 g/mol. The molecule has 0 unspecified atom stereocenters. The number of piperidine rings is 1. The van der Waals surface area contributed by atoms with Gasteiger partial charge in [0.2, 0.25) is 0 Å². The van der Waals surface area contributed by atoms with Gasteiger partial charge < -0.3 is 28.9 Å². The lowest BCUT2D eigenvalue weighted by atomic mass is 9.71. The van der Waals surface area contributed by atoms with Gasteiger partial charge in [-0.2, -0.15) is 0 Å². The maximum atomic E-state index is 2.62. The van der Waals surface area contributed by atoms with Crippen molar-refractivity contribution in [2.75, 3.05) is 32.7 Å². The topological polar surface area (TPSA) is 7.68 Å². The lowest BCUT2D eigenvalue weighted by molar-refractivity contribution is -0.906. The maximum Gasteiger partial charge on any atom is 0.0777 e. The summed E-state index contributed by atoms with van der Waals surface area (Å²) in [5, 5.41) is 0. The van der Waals surface area contributed by atoms with Gasteiger partial charge in [0.15, 0.2) is 0 Å². The minimum atomic E-state index is 0. The molecule has 0 radical (unpaired) electrons. The molecule has 2 aliphatic heterocycles. The van der Waals surface area contributed by atoms with E-state index in [-0.39, 0.29) is 24.0 Å².